The minimum atomic E-state index is 0.439. The SMILES string of the molecule is CSc1c(CN)cccc1Oc1cc(Cl)ccc1C#N. The Morgan fingerprint density at radius 1 is 1.30 bits per heavy atom. The van der Waals surface area contributed by atoms with Gasteiger partial charge in [0.25, 0.3) is 0 Å². The molecule has 102 valence electrons. The van der Waals surface area contributed by atoms with Gasteiger partial charge in [0.05, 0.1) is 10.5 Å². The summed E-state index contributed by atoms with van der Waals surface area (Å²) >= 11 is 7.52. The molecule has 5 heteroatoms. The summed E-state index contributed by atoms with van der Waals surface area (Å²) in [6.45, 7) is 0.439. The molecular formula is C15H13ClN2OS. The van der Waals surface area contributed by atoms with E-state index in [9.17, 15) is 0 Å². The maximum absolute atomic E-state index is 9.12. The van der Waals surface area contributed by atoms with Crippen molar-refractivity contribution in [3.8, 4) is 17.6 Å². The summed E-state index contributed by atoms with van der Waals surface area (Å²) in [6.07, 6.45) is 1.96. The van der Waals surface area contributed by atoms with E-state index < -0.39 is 0 Å². The van der Waals surface area contributed by atoms with Crippen molar-refractivity contribution in [3.63, 3.8) is 0 Å². The number of nitrogens with two attached hydrogens (primary N) is 1. The average molecular weight is 305 g/mol. The Kier molecular flexibility index (Phi) is 4.91. The summed E-state index contributed by atoms with van der Waals surface area (Å²) in [5.74, 6) is 1.13. The molecule has 20 heavy (non-hydrogen) atoms. The molecule has 0 bridgehead atoms. The number of nitriles is 1. The molecule has 2 aromatic carbocycles. The first-order valence-corrected chi connectivity index (χ1v) is 7.53. The van der Waals surface area contributed by atoms with Crippen LogP contribution in [0.1, 0.15) is 11.1 Å². The van der Waals surface area contributed by atoms with Crippen molar-refractivity contribution in [1.29, 1.82) is 5.26 Å². The van der Waals surface area contributed by atoms with Crippen LogP contribution in [-0.4, -0.2) is 6.26 Å². The van der Waals surface area contributed by atoms with Gasteiger partial charge in [-0.3, -0.25) is 0 Å². The van der Waals surface area contributed by atoms with Crippen molar-refractivity contribution in [2.75, 3.05) is 6.26 Å². The number of thioether (sulfide) groups is 1. The first kappa shape index (κ1) is 14.7. The summed E-state index contributed by atoms with van der Waals surface area (Å²) in [7, 11) is 0. The van der Waals surface area contributed by atoms with Gasteiger partial charge in [-0.05, 0) is 30.0 Å². The lowest BCUT2D eigenvalue weighted by Crippen LogP contribution is -2.00. The summed E-state index contributed by atoms with van der Waals surface area (Å²) < 4.78 is 5.86. The number of benzene rings is 2. The Morgan fingerprint density at radius 3 is 2.75 bits per heavy atom. The van der Waals surface area contributed by atoms with E-state index in [1.165, 1.54) is 0 Å². The van der Waals surface area contributed by atoms with Crippen LogP contribution in [0, 0.1) is 11.3 Å². The second kappa shape index (κ2) is 6.67. The van der Waals surface area contributed by atoms with Gasteiger partial charge in [0.1, 0.15) is 17.6 Å². The Morgan fingerprint density at radius 2 is 2.10 bits per heavy atom. The molecule has 0 aliphatic carbocycles. The number of ether oxygens (including phenoxy) is 1. The monoisotopic (exact) mass is 304 g/mol. The van der Waals surface area contributed by atoms with Gasteiger partial charge < -0.3 is 10.5 Å². The van der Waals surface area contributed by atoms with Gasteiger partial charge >= 0.3 is 0 Å². The molecule has 0 atom stereocenters. The zero-order valence-corrected chi connectivity index (χ0v) is 12.5. The second-order valence-electron chi connectivity index (χ2n) is 4.01. The van der Waals surface area contributed by atoms with Crippen LogP contribution in [0.2, 0.25) is 5.02 Å². The maximum Gasteiger partial charge on any atom is 0.146 e. The molecule has 0 amide bonds. The number of hydrogen-bond acceptors (Lipinski definition) is 4. The fraction of sp³-hybridized carbons (Fsp3) is 0.133. The highest BCUT2D eigenvalue weighted by Gasteiger charge is 2.11. The predicted molar refractivity (Wildman–Crippen MR) is 82.4 cm³/mol. The lowest BCUT2D eigenvalue weighted by molar-refractivity contribution is 0.468. The number of nitrogens with zero attached hydrogens (tertiary/aromatic N) is 1. The van der Waals surface area contributed by atoms with E-state index in [-0.39, 0.29) is 0 Å². The van der Waals surface area contributed by atoms with Crippen LogP contribution in [0.25, 0.3) is 0 Å². The van der Waals surface area contributed by atoms with E-state index in [4.69, 9.17) is 27.3 Å². The summed E-state index contributed by atoms with van der Waals surface area (Å²) in [6, 6.07) is 12.7. The third-order valence-electron chi connectivity index (χ3n) is 2.77. The first-order chi connectivity index (χ1) is 9.69. The molecule has 0 aromatic heterocycles. The van der Waals surface area contributed by atoms with Crippen LogP contribution in [0.3, 0.4) is 0 Å². The first-order valence-electron chi connectivity index (χ1n) is 5.93. The zero-order valence-electron chi connectivity index (χ0n) is 10.9. The van der Waals surface area contributed by atoms with Crippen molar-refractivity contribution in [2.24, 2.45) is 5.73 Å². The minimum Gasteiger partial charge on any atom is -0.455 e. The Hall–Kier alpha value is -1.67. The van der Waals surface area contributed by atoms with Crippen LogP contribution in [0.5, 0.6) is 11.5 Å². The Balaban J connectivity index is 2.45. The van der Waals surface area contributed by atoms with Gasteiger partial charge in [-0.2, -0.15) is 5.26 Å². The van der Waals surface area contributed by atoms with Gasteiger partial charge in [-0.1, -0.05) is 23.7 Å². The van der Waals surface area contributed by atoms with Crippen LogP contribution >= 0.6 is 23.4 Å². The smallest absolute Gasteiger partial charge is 0.146 e. The van der Waals surface area contributed by atoms with Crippen molar-refractivity contribution in [3.05, 3.63) is 52.5 Å². The normalized spacial score (nSPS) is 10.1. The molecule has 2 aromatic rings. The van der Waals surface area contributed by atoms with Crippen molar-refractivity contribution >= 4 is 23.4 Å². The zero-order chi connectivity index (χ0) is 14.5. The molecule has 0 saturated carbocycles. The van der Waals surface area contributed by atoms with Crippen molar-refractivity contribution in [1.82, 2.24) is 0 Å². The predicted octanol–water partition coefficient (Wildman–Crippen LogP) is 4.18. The molecule has 2 rings (SSSR count). The van der Waals surface area contributed by atoms with Crippen molar-refractivity contribution in [2.45, 2.75) is 11.4 Å². The van der Waals surface area contributed by atoms with Gasteiger partial charge in [0, 0.05) is 17.6 Å². The quantitative estimate of drug-likeness (QED) is 0.861. The molecule has 0 unspecified atom stereocenters. The van der Waals surface area contributed by atoms with E-state index in [1.54, 1.807) is 30.0 Å². The fourth-order valence-electron chi connectivity index (χ4n) is 1.83. The van der Waals surface area contributed by atoms with Gasteiger partial charge in [0.2, 0.25) is 0 Å². The summed E-state index contributed by atoms with van der Waals surface area (Å²) in [5, 5.41) is 9.64. The van der Waals surface area contributed by atoms with E-state index in [2.05, 4.69) is 6.07 Å². The van der Waals surface area contributed by atoms with E-state index in [0.29, 0.717) is 28.6 Å². The molecule has 0 saturated heterocycles. The number of hydrogen-bond donors (Lipinski definition) is 1. The fourth-order valence-corrected chi connectivity index (χ4v) is 2.71. The van der Waals surface area contributed by atoms with E-state index in [0.717, 1.165) is 10.5 Å². The number of rotatable bonds is 4. The highest BCUT2D eigenvalue weighted by atomic mass is 35.5. The lowest BCUT2D eigenvalue weighted by atomic mass is 10.2. The minimum absolute atomic E-state index is 0.439. The van der Waals surface area contributed by atoms with Gasteiger partial charge in [-0.25, -0.2) is 0 Å². The Bertz CT molecular complexity index is 667. The molecule has 3 nitrogen and oxygen atoms in total. The van der Waals surface area contributed by atoms with Crippen LogP contribution in [-0.2, 0) is 6.54 Å². The molecule has 0 aliphatic rings. The van der Waals surface area contributed by atoms with Crippen LogP contribution in [0.4, 0.5) is 0 Å². The average Bonchev–Trinajstić information content (AvgIpc) is 2.47. The van der Waals surface area contributed by atoms with Gasteiger partial charge in [0.15, 0.2) is 0 Å². The summed E-state index contributed by atoms with van der Waals surface area (Å²) in [5.41, 5.74) is 7.18. The highest BCUT2D eigenvalue weighted by molar-refractivity contribution is 7.98. The third-order valence-corrected chi connectivity index (χ3v) is 3.88. The van der Waals surface area contributed by atoms with E-state index >= 15 is 0 Å². The molecule has 0 radical (unpaired) electrons. The molecular weight excluding hydrogens is 292 g/mol. The molecule has 0 spiro atoms. The van der Waals surface area contributed by atoms with Crippen LogP contribution in [0.15, 0.2) is 41.3 Å². The largest absolute Gasteiger partial charge is 0.455 e. The lowest BCUT2D eigenvalue weighted by Gasteiger charge is -2.13. The summed E-state index contributed by atoms with van der Waals surface area (Å²) in [4.78, 5) is 0.971. The van der Waals surface area contributed by atoms with Crippen LogP contribution < -0.4 is 10.5 Å². The Labute approximate surface area is 127 Å². The molecule has 2 N–H and O–H groups in total. The highest BCUT2D eigenvalue weighted by Crippen LogP contribution is 2.36. The topological polar surface area (TPSA) is 59.0 Å². The van der Waals surface area contributed by atoms with E-state index in [1.807, 2.05) is 24.5 Å². The molecule has 0 fully saturated rings. The second-order valence-corrected chi connectivity index (χ2v) is 5.26. The number of halogens is 1. The maximum atomic E-state index is 9.12. The molecule has 0 aliphatic heterocycles. The van der Waals surface area contributed by atoms with Crippen molar-refractivity contribution < 1.29 is 4.74 Å². The molecule has 0 heterocycles. The third kappa shape index (κ3) is 3.07. The van der Waals surface area contributed by atoms with Gasteiger partial charge in [-0.15, -0.1) is 11.8 Å². The standard InChI is InChI=1S/C15H13ClN2OS/c1-20-15-11(9-18)3-2-4-13(15)19-14-7-12(16)6-5-10(14)8-17/h2-7H,9,18H2,1H3.